The third-order valence-corrected chi connectivity index (χ3v) is 4.66. The monoisotopic (exact) mass is 379 g/mol. The second kappa shape index (κ2) is 8.08. The van der Waals surface area contributed by atoms with Crippen molar-refractivity contribution in [3.8, 4) is 11.8 Å². The molecule has 1 fully saturated rings. The van der Waals surface area contributed by atoms with Crippen LogP contribution in [0.1, 0.15) is 22.3 Å². The first-order valence-electron chi connectivity index (χ1n) is 9.08. The number of likely N-dealkylation sites (tertiary alicyclic amines) is 1. The predicted octanol–water partition coefficient (Wildman–Crippen LogP) is 2.02. The molecular weight excluding hydrogens is 358 g/mol. The second-order valence-corrected chi connectivity index (χ2v) is 6.58. The Hall–Kier alpha value is -3.42. The lowest BCUT2D eigenvalue weighted by atomic mass is 10.1. The van der Waals surface area contributed by atoms with Gasteiger partial charge in [0.15, 0.2) is 0 Å². The second-order valence-electron chi connectivity index (χ2n) is 6.58. The molecule has 144 valence electrons. The van der Waals surface area contributed by atoms with Crippen molar-refractivity contribution in [1.29, 1.82) is 0 Å². The zero-order valence-corrected chi connectivity index (χ0v) is 15.6. The lowest BCUT2D eigenvalue weighted by Crippen LogP contribution is -2.31. The first kappa shape index (κ1) is 18.0. The van der Waals surface area contributed by atoms with Crippen LogP contribution in [0.2, 0.25) is 0 Å². The van der Waals surface area contributed by atoms with Gasteiger partial charge in [-0.05, 0) is 17.7 Å². The fourth-order valence-electron chi connectivity index (χ4n) is 3.23. The molecule has 1 unspecified atom stereocenters. The molecule has 1 aliphatic heterocycles. The van der Waals surface area contributed by atoms with Crippen molar-refractivity contribution in [2.45, 2.75) is 19.1 Å². The zero-order valence-electron chi connectivity index (χ0n) is 15.6. The van der Waals surface area contributed by atoms with Gasteiger partial charge in [-0.25, -0.2) is 15.0 Å². The van der Waals surface area contributed by atoms with Crippen LogP contribution in [0.25, 0.3) is 0 Å². The van der Waals surface area contributed by atoms with Gasteiger partial charge in [0, 0.05) is 49.9 Å². The Labute approximate surface area is 162 Å². The van der Waals surface area contributed by atoms with Gasteiger partial charge in [-0.3, -0.25) is 4.79 Å². The number of benzene rings is 1. The van der Waals surface area contributed by atoms with E-state index in [4.69, 9.17) is 9.47 Å². The van der Waals surface area contributed by atoms with Gasteiger partial charge in [0.2, 0.25) is 0 Å². The maximum absolute atomic E-state index is 12.8. The summed E-state index contributed by atoms with van der Waals surface area (Å²) in [5.41, 5.74) is 1.79. The van der Waals surface area contributed by atoms with Gasteiger partial charge in [-0.2, -0.15) is 0 Å². The lowest BCUT2D eigenvalue weighted by molar-refractivity contribution is 0.0770. The minimum absolute atomic E-state index is 0.00592. The quantitative estimate of drug-likeness (QED) is 0.652. The van der Waals surface area contributed by atoms with Gasteiger partial charge >= 0.3 is 0 Å². The third-order valence-electron chi connectivity index (χ3n) is 4.66. The van der Waals surface area contributed by atoms with Crippen molar-refractivity contribution in [3.63, 3.8) is 0 Å². The molecular formula is C20H21N5O3. The molecule has 0 aliphatic carbocycles. The standard InChI is InChI=1S/C20H21N5O3/c1-27-18-19(23-8-7-22-18)28-17-6-10-25(13-17)20(26)16-4-2-15(3-5-16)12-24-11-9-21-14-24/h2-5,7-9,11,14,17H,6,10,12-13H2,1H3. The molecule has 8 nitrogen and oxygen atoms in total. The number of carbonyl (C=O) groups excluding carboxylic acids is 1. The van der Waals surface area contributed by atoms with Crippen LogP contribution in [-0.2, 0) is 6.54 Å². The molecule has 1 saturated heterocycles. The summed E-state index contributed by atoms with van der Waals surface area (Å²) in [6.45, 7) is 1.88. The number of methoxy groups -OCH3 is 1. The highest BCUT2D eigenvalue weighted by molar-refractivity contribution is 5.94. The summed E-state index contributed by atoms with van der Waals surface area (Å²) in [7, 11) is 1.53. The number of ether oxygens (including phenoxy) is 2. The number of amides is 1. The number of carbonyl (C=O) groups is 1. The van der Waals surface area contributed by atoms with Crippen LogP contribution in [0.4, 0.5) is 0 Å². The molecule has 0 radical (unpaired) electrons. The Balaban J connectivity index is 1.36. The Kier molecular flexibility index (Phi) is 5.18. The molecule has 4 rings (SSSR count). The Morgan fingerprint density at radius 2 is 1.93 bits per heavy atom. The van der Waals surface area contributed by atoms with Crippen LogP contribution in [-0.4, -0.2) is 56.6 Å². The van der Waals surface area contributed by atoms with E-state index in [1.807, 2.05) is 35.0 Å². The maximum Gasteiger partial charge on any atom is 0.278 e. The topological polar surface area (TPSA) is 82.4 Å². The Bertz CT molecular complexity index is 927. The largest absolute Gasteiger partial charge is 0.477 e. The molecule has 0 spiro atoms. The van der Waals surface area contributed by atoms with E-state index >= 15 is 0 Å². The molecule has 1 aliphatic rings. The summed E-state index contributed by atoms with van der Waals surface area (Å²) in [6.07, 6.45) is 9.15. The highest BCUT2D eigenvalue weighted by atomic mass is 16.5. The summed E-state index contributed by atoms with van der Waals surface area (Å²) in [5, 5.41) is 0. The van der Waals surface area contributed by atoms with Gasteiger partial charge in [-0.15, -0.1) is 0 Å². The van der Waals surface area contributed by atoms with E-state index in [0.717, 1.165) is 18.5 Å². The normalized spacial score (nSPS) is 16.2. The van der Waals surface area contributed by atoms with Crippen molar-refractivity contribution in [2.24, 2.45) is 0 Å². The third kappa shape index (κ3) is 3.95. The molecule has 1 amide bonds. The van der Waals surface area contributed by atoms with Gasteiger partial charge in [0.25, 0.3) is 17.7 Å². The Morgan fingerprint density at radius 3 is 2.64 bits per heavy atom. The van der Waals surface area contributed by atoms with Gasteiger partial charge in [0.1, 0.15) is 6.10 Å². The first-order chi connectivity index (χ1) is 13.7. The van der Waals surface area contributed by atoms with Crippen LogP contribution < -0.4 is 9.47 Å². The smallest absolute Gasteiger partial charge is 0.278 e. The zero-order chi connectivity index (χ0) is 19.3. The van der Waals surface area contributed by atoms with E-state index < -0.39 is 0 Å². The lowest BCUT2D eigenvalue weighted by Gasteiger charge is -2.17. The number of rotatable bonds is 6. The minimum atomic E-state index is -0.130. The Morgan fingerprint density at radius 1 is 1.14 bits per heavy atom. The van der Waals surface area contributed by atoms with Gasteiger partial charge in [-0.1, -0.05) is 12.1 Å². The molecule has 2 aromatic heterocycles. The number of imidazole rings is 1. The van der Waals surface area contributed by atoms with Crippen LogP contribution >= 0.6 is 0 Å². The summed E-state index contributed by atoms with van der Waals surface area (Å²) in [5.74, 6) is 0.709. The first-order valence-corrected chi connectivity index (χ1v) is 9.08. The summed E-state index contributed by atoms with van der Waals surface area (Å²) >= 11 is 0. The molecule has 8 heteroatoms. The molecule has 3 heterocycles. The molecule has 3 aromatic rings. The van der Waals surface area contributed by atoms with E-state index in [1.165, 1.54) is 7.11 Å². The van der Waals surface area contributed by atoms with Crippen molar-refractivity contribution in [1.82, 2.24) is 24.4 Å². The van der Waals surface area contributed by atoms with Crippen LogP contribution in [0, 0.1) is 0 Å². The van der Waals surface area contributed by atoms with Gasteiger partial charge < -0.3 is 18.9 Å². The summed E-state index contributed by atoms with van der Waals surface area (Å²) in [6, 6.07) is 7.69. The molecule has 28 heavy (non-hydrogen) atoms. The SMILES string of the molecule is COc1nccnc1OC1CCN(C(=O)c2ccc(Cn3ccnc3)cc2)C1. The maximum atomic E-state index is 12.8. The van der Waals surface area contributed by atoms with Crippen LogP contribution in [0.3, 0.4) is 0 Å². The summed E-state index contributed by atoms with van der Waals surface area (Å²) < 4.78 is 13.0. The number of hydrogen-bond acceptors (Lipinski definition) is 6. The number of hydrogen-bond donors (Lipinski definition) is 0. The number of nitrogens with zero attached hydrogens (tertiary/aromatic N) is 5. The van der Waals surface area contributed by atoms with Crippen molar-refractivity contribution < 1.29 is 14.3 Å². The fourth-order valence-corrected chi connectivity index (χ4v) is 3.23. The van der Waals surface area contributed by atoms with Crippen molar-refractivity contribution in [2.75, 3.05) is 20.2 Å². The highest BCUT2D eigenvalue weighted by Crippen LogP contribution is 2.24. The van der Waals surface area contributed by atoms with Crippen LogP contribution in [0.5, 0.6) is 11.8 Å². The van der Waals surface area contributed by atoms with Crippen molar-refractivity contribution >= 4 is 5.91 Å². The van der Waals surface area contributed by atoms with Crippen molar-refractivity contribution in [3.05, 3.63) is 66.5 Å². The average molecular weight is 379 g/mol. The summed E-state index contributed by atoms with van der Waals surface area (Å²) in [4.78, 5) is 26.9. The minimum Gasteiger partial charge on any atom is -0.477 e. The predicted molar refractivity (Wildman–Crippen MR) is 101 cm³/mol. The fraction of sp³-hybridized carbons (Fsp3) is 0.300. The molecule has 1 atom stereocenters. The van der Waals surface area contributed by atoms with Gasteiger partial charge in [0.05, 0.1) is 20.0 Å². The average Bonchev–Trinajstić information content (AvgIpc) is 3.41. The van der Waals surface area contributed by atoms with Crippen LogP contribution in [0.15, 0.2) is 55.4 Å². The molecule has 0 N–H and O–H groups in total. The van der Waals surface area contributed by atoms with E-state index in [-0.39, 0.29) is 12.0 Å². The molecule has 0 saturated carbocycles. The van der Waals surface area contributed by atoms with E-state index in [1.54, 1.807) is 29.8 Å². The molecule has 0 bridgehead atoms. The number of aromatic nitrogens is 4. The highest BCUT2D eigenvalue weighted by Gasteiger charge is 2.29. The molecule has 1 aromatic carbocycles. The van der Waals surface area contributed by atoms with E-state index in [0.29, 0.717) is 30.4 Å². The van der Waals surface area contributed by atoms with E-state index in [9.17, 15) is 4.79 Å². The van der Waals surface area contributed by atoms with E-state index in [2.05, 4.69) is 15.0 Å².